The predicted molar refractivity (Wildman–Crippen MR) is 60.6 cm³/mol. The summed E-state index contributed by atoms with van der Waals surface area (Å²) in [6.45, 7) is 1.24. The summed E-state index contributed by atoms with van der Waals surface area (Å²) >= 11 is 0. The van der Waals surface area contributed by atoms with Gasteiger partial charge in [-0.2, -0.15) is 0 Å². The minimum atomic E-state index is -0.673. The molecule has 16 heavy (non-hydrogen) atoms. The van der Waals surface area contributed by atoms with Gasteiger partial charge in [0.05, 0.1) is 26.9 Å². The molecule has 0 saturated heterocycles. The first-order valence-electron chi connectivity index (χ1n) is 5.17. The van der Waals surface area contributed by atoms with Crippen LogP contribution in [0.4, 0.5) is 0 Å². The van der Waals surface area contributed by atoms with E-state index < -0.39 is 6.10 Å². The molecular weight excluding hydrogens is 208 g/mol. The van der Waals surface area contributed by atoms with Crippen molar-refractivity contribution in [2.75, 3.05) is 34.0 Å². The number of aliphatic hydroxyl groups is 1. The van der Waals surface area contributed by atoms with E-state index in [1.165, 1.54) is 0 Å². The summed E-state index contributed by atoms with van der Waals surface area (Å²) < 4.78 is 15.3. The lowest BCUT2D eigenvalue weighted by Gasteiger charge is -2.14. The third-order valence-corrected chi connectivity index (χ3v) is 2.21. The highest BCUT2D eigenvalue weighted by atomic mass is 16.5. The van der Waals surface area contributed by atoms with Crippen LogP contribution < -0.4 is 4.74 Å². The first-order chi connectivity index (χ1) is 7.79. The molecule has 1 rings (SSSR count). The lowest BCUT2D eigenvalue weighted by molar-refractivity contribution is 0.0118. The van der Waals surface area contributed by atoms with Gasteiger partial charge in [-0.25, -0.2) is 0 Å². The van der Waals surface area contributed by atoms with Gasteiger partial charge in [0.1, 0.15) is 11.9 Å². The highest BCUT2D eigenvalue weighted by Gasteiger charge is 2.12. The molecule has 0 amide bonds. The lowest BCUT2D eigenvalue weighted by atomic mass is 10.1. The molecular formula is C12H18O4. The van der Waals surface area contributed by atoms with Crippen molar-refractivity contribution in [3.63, 3.8) is 0 Å². The van der Waals surface area contributed by atoms with Gasteiger partial charge in [-0.3, -0.25) is 0 Å². The molecule has 1 aromatic carbocycles. The summed E-state index contributed by atoms with van der Waals surface area (Å²) in [6, 6.07) is 7.36. The van der Waals surface area contributed by atoms with Crippen LogP contribution in [-0.2, 0) is 9.47 Å². The molecule has 0 spiro atoms. The smallest absolute Gasteiger partial charge is 0.124 e. The monoisotopic (exact) mass is 226 g/mol. The lowest BCUT2D eigenvalue weighted by Crippen LogP contribution is -2.11. The number of ether oxygens (including phenoxy) is 3. The van der Waals surface area contributed by atoms with E-state index >= 15 is 0 Å². The van der Waals surface area contributed by atoms with E-state index in [4.69, 9.17) is 14.2 Å². The van der Waals surface area contributed by atoms with Crippen LogP contribution in [-0.4, -0.2) is 39.1 Å². The number of benzene rings is 1. The Balaban J connectivity index is 2.48. The van der Waals surface area contributed by atoms with Gasteiger partial charge in [0.25, 0.3) is 0 Å². The molecule has 0 aliphatic carbocycles. The van der Waals surface area contributed by atoms with Gasteiger partial charge in [-0.15, -0.1) is 0 Å². The Bertz CT molecular complexity index is 301. The highest BCUT2D eigenvalue weighted by Crippen LogP contribution is 2.24. The molecule has 1 N–H and O–H groups in total. The second kappa shape index (κ2) is 7.22. The number of rotatable bonds is 7. The molecule has 0 bridgehead atoms. The van der Waals surface area contributed by atoms with Crippen molar-refractivity contribution in [1.82, 2.24) is 0 Å². The fourth-order valence-corrected chi connectivity index (χ4v) is 1.37. The number of hydrogen-bond acceptors (Lipinski definition) is 4. The fraction of sp³-hybridized carbons (Fsp3) is 0.500. The maximum Gasteiger partial charge on any atom is 0.124 e. The zero-order valence-electron chi connectivity index (χ0n) is 9.68. The van der Waals surface area contributed by atoms with Crippen LogP contribution in [0.5, 0.6) is 5.75 Å². The summed E-state index contributed by atoms with van der Waals surface area (Å²) in [6.07, 6.45) is -0.673. The average molecular weight is 226 g/mol. The Labute approximate surface area is 95.8 Å². The van der Waals surface area contributed by atoms with Gasteiger partial charge < -0.3 is 19.3 Å². The van der Waals surface area contributed by atoms with E-state index in [2.05, 4.69) is 0 Å². The molecule has 0 saturated carbocycles. The highest BCUT2D eigenvalue weighted by molar-refractivity contribution is 5.34. The van der Waals surface area contributed by atoms with Crippen LogP contribution in [0.3, 0.4) is 0 Å². The molecule has 4 heteroatoms. The van der Waals surface area contributed by atoms with Crippen LogP contribution in [0.15, 0.2) is 24.3 Å². The number of aliphatic hydroxyl groups excluding tert-OH is 1. The van der Waals surface area contributed by atoms with E-state index in [9.17, 15) is 5.11 Å². The Morgan fingerprint density at radius 1 is 1.19 bits per heavy atom. The topological polar surface area (TPSA) is 47.9 Å². The Morgan fingerprint density at radius 2 is 1.94 bits per heavy atom. The van der Waals surface area contributed by atoms with Gasteiger partial charge in [-0.05, 0) is 6.07 Å². The molecule has 90 valence electrons. The molecule has 0 aliphatic heterocycles. The van der Waals surface area contributed by atoms with Crippen LogP contribution in [0.2, 0.25) is 0 Å². The minimum absolute atomic E-state index is 0.240. The maximum atomic E-state index is 9.89. The Hall–Kier alpha value is -1.10. The second-order valence-corrected chi connectivity index (χ2v) is 3.33. The van der Waals surface area contributed by atoms with Gasteiger partial charge in [0.2, 0.25) is 0 Å². The van der Waals surface area contributed by atoms with E-state index in [-0.39, 0.29) is 6.61 Å². The van der Waals surface area contributed by atoms with Crippen molar-refractivity contribution >= 4 is 0 Å². The number of methoxy groups -OCH3 is 2. The molecule has 0 heterocycles. The fourth-order valence-electron chi connectivity index (χ4n) is 1.37. The molecule has 0 fully saturated rings. The molecule has 1 atom stereocenters. The van der Waals surface area contributed by atoms with Gasteiger partial charge in [-0.1, -0.05) is 18.2 Å². The summed E-state index contributed by atoms with van der Waals surface area (Å²) in [4.78, 5) is 0. The quantitative estimate of drug-likeness (QED) is 0.714. The Morgan fingerprint density at radius 3 is 2.62 bits per heavy atom. The van der Waals surface area contributed by atoms with E-state index in [0.29, 0.717) is 19.0 Å². The molecule has 1 aromatic rings. The van der Waals surface area contributed by atoms with Gasteiger partial charge in [0.15, 0.2) is 0 Å². The van der Waals surface area contributed by atoms with Crippen LogP contribution >= 0.6 is 0 Å². The van der Waals surface area contributed by atoms with Crippen molar-refractivity contribution in [3.8, 4) is 5.75 Å². The zero-order valence-corrected chi connectivity index (χ0v) is 9.68. The summed E-state index contributed by atoms with van der Waals surface area (Å²) in [5.41, 5.74) is 0.738. The van der Waals surface area contributed by atoms with Crippen molar-refractivity contribution in [2.45, 2.75) is 6.10 Å². The number of para-hydroxylation sites is 1. The Kier molecular flexibility index (Phi) is 5.85. The van der Waals surface area contributed by atoms with Crippen LogP contribution in [0.25, 0.3) is 0 Å². The minimum Gasteiger partial charge on any atom is -0.496 e. The normalized spacial score (nSPS) is 12.4. The summed E-state index contributed by atoms with van der Waals surface area (Å²) in [7, 11) is 3.19. The second-order valence-electron chi connectivity index (χ2n) is 3.33. The largest absolute Gasteiger partial charge is 0.496 e. The van der Waals surface area contributed by atoms with E-state index in [1.807, 2.05) is 24.3 Å². The third kappa shape index (κ3) is 3.81. The van der Waals surface area contributed by atoms with Crippen molar-refractivity contribution in [2.24, 2.45) is 0 Å². The predicted octanol–water partition coefficient (Wildman–Crippen LogP) is 1.39. The van der Waals surface area contributed by atoms with Crippen LogP contribution in [0.1, 0.15) is 11.7 Å². The maximum absolute atomic E-state index is 9.89. The summed E-state index contributed by atoms with van der Waals surface area (Å²) in [5.74, 6) is 0.672. The summed E-state index contributed by atoms with van der Waals surface area (Å²) in [5, 5.41) is 9.89. The van der Waals surface area contributed by atoms with Crippen LogP contribution in [0, 0.1) is 0 Å². The third-order valence-electron chi connectivity index (χ3n) is 2.21. The van der Waals surface area contributed by atoms with E-state index in [1.54, 1.807) is 14.2 Å². The molecule has 0 aliphatic rings. The molecule has 0 radical (unpaired) electrons. The average Bonchev–Trinajstić information content (AvgIpc) is 2.34. The SMILES string of the molecule is COCCOCC(O)c1ccccc1OC. The molecule has 0 aromatic heterocycles. The van der Waals surface area contributed by atoms with Gasteiger partial charge >= 0.3 is 0 Å². The van der Waals surface area contributed by atoms with E-state index in [0.717, 1.165) is 5.56 Å². The molecule has 1 unspecified atom stereocenters. The van der Waals surface area contributed by atoms with Gasteiger partial charge in [0, 0.05) is 12.7 Å². The van der Waals surface area contributed by atoms with Crippen molar-refractivity contribution in [3.05, 3.63) is 29.8 Å². The standard InChI is InChI=1S/C12H18O4/c1-14-7-8-16-9-11(13)10-5-3-4-6-12(10)15-2/h3-6,11,13H,7-9H2,1-2H3. The first kappa shape index (κ1) is 13.0. The van der Waals surface area contributed by atoms with Crippen molar-refractivity contribution in [1.29, 1.82) is 0 Å². The number of hydrogen-bond donors (Lipinski definition) is 1. The van der Waals surface area contributed by atoms with Crippen molar-refractivity contribution < 1.29 is 19.3 Å². The zero-order chi connectivity index (χ0) is 11.8. The molecule has 4 nitrogen and oxygen atoms in total. The first-order valence-corrected chi connectivity index (χ1v) is 5.17.